The van der Waals surface area contributed by atoms with Gasteiger partial charge < -0.3 is 20.9 Å². The molecule has 1 amide bonds. The van der Waals surface area contributed by atoms with Gasteiger partial charge in [0.15, 0.2) is 0 Å². The Labute approximate surface area is 97.3 Å². The van der Waals surface area contributed by atoms with Crippen LogP contribution in [0.4, 0.5) is 0 Å². The van der Waals surface area contributed by atoms with Gasteiger partial charge in [0.05, 0.1) is 19.1 Å². The summed E-state index contributed by atoms with van der Waals surface area (Å²) >= 11 is 0. The quantitative estimate of drug-likeness (QED) is 0.478. The molecule has 0 aromatic heterocycles. The van der Waals surface area contributed by atoms with Crippen LogP contribution in [0.25, 0.3) is 0 Å². The Bertz CT molecular complexity index is 186. The summed E-state index contributed by atoms with van der Waals surface area (Å²) < 4.78 is 5.07. The van der Waals surface area contributed by atoms with Crippen molar-refractivity contribution in [3.05, 3.63) is 0 Å². The zero-order chi connectivity index (χ0) is 12.4. The molecular weight excluding hydrogens is 208 g/mol. The van der Waals surface area contributed by atoms with Gasteiger partial charge in [0.2, 0.25) is 5.91 Å². The Morgan fingerprint density at radius 1 is 1.44 bits per heavy atom. The molecule has 0 aliphatic carbocycles. The van der Waals surface area contributed by atoms with E-state index < -0.39 is 0 Å². The Morgan fingerprint density at radius 3 is 2.62 bits per heavy atom. The number of aliphatic hydroxyl groups is 1. The molecule has 0 bridgehead atoms. The van der Waals surface area contributed by atoms with Gasteiger partial charge in [-0.2, -0.15) is 0 Å². The van der Waals surface area contributed by atoms with Crippen LogP contribution in [0.5, 0.6) is 0 Å². The number of nitrogens with two attached hydrogens (primary N) is 1. The van der Waals surface area contributed by atoms with Crippen LogP contribution >= 0.6 is 0 Å². The second-order valence-electron chi connectivity index (χ2n) is 4.07. The SMILES string of the molecule is CC(C)C(CN)C(=O)NCCCOCCO. The van der Waals surface area contributed by atoms with Crippen LogP contribution in [-0.2, 0) is 9.53 Å². The predicted octanol–water partition coefficient (Wildman–Crippen LogP) is -0.267. The lowest BCUT2D eigenvalue weighted by Gasteiger charge is -2.18. The molecule has 0 aromatic rings. The van der Waals surface area contributed by atoms with E-state index in [1.54, 1.807) is 0 Å². The van der Waals surface area contributed by atoms with Gasteiger partial charge in [-0.1, -0.05) is 13.8 Å². The third-order valence-electron chi connectivity index (χ3n) is 2.40. The van der Waals surface area contributed by atoms with Crippen LogP contribution in [0.2, 0.25) is 0 Å². The zero-order valence-corrected chi connectivity index (χ0v) is 10.2. The molecule has 0 saturated heterocycles. The Balaban J connectivity index is 3.56. The molecule has 96 valence electrons. The largest absolute Gasteiger partial charge is 0.394 e. The molecule has 0 fully saturated rings. The maximum atomic E-state index is 11.6. The lowest BCUT2D eigenvalue weighted by molar-refractivity contribution is -0.126. The second-order valence-corrected chi connectivity index (χ2v) is 4.07. The molecule has 0 radical (unpaired) electrons. The molecule has 16 heavy (non-hydrogen) atoms. The van der Waals surface area contributed by atoms with Crippen molar-refractivity contribution in [3.8, 4) is 0 Å². The molecule has 4 N–H and O–H groups in total. The lowest BCUT2D eigenvalue weighted by Crippen LogP contribution is -2.38. The molecule has 1 unspecified atom stereocenters. The van der Waals surface area contributed by atoms with E-state index in [2.05, 4.69) is 5.32 Å². The van der Waals surface area contributed by atoms with Crippen LogP contribution in [0.3, 0.4) is 0 Å². The fourth-order valence-corrected chi connectivity index (χ4v) is 1.37. The van der Waals surface area contributed by atoms with E-state index in [4.69, 9.17) is 15.6 Å². The summed E-state index contributed by atoms with van der Waals surface area (Å²) in [6, 6.07) is 0. The van der Waals surface area contributed by atoms with Crippen molar-refractivity contribution in [3.63, 3.8) is 0 Å². The summed E-state index contributed by atoms with van der Waals surface area (Å²) in [6.45, 7) is 5.89. The van der Waals surface area contributed by atoms with E-state index in [1.165, 1.54) is 0 Å². The van der Waals surface area contributed by atoms with Gasteiger partial charge in [-0.25, -0.2) is 0 Å². The fourth-order valence-electron chi connectivity index (χ4n) is 1.37. The average Bonchev–Trinajstić information content (AvgIpc) is 2.23. The summed E-state index contributed by atoms with van der Waals surface area (Å²) in [5.41, 5.74) is 5.53. The Hall–Kier alpha value is -0.650. The van der Waals surface area contributed by atoms with E-state index in [0.29, 0.717) is 26.3 Å². The van der Waals surface area contributed by atoms with E-state index in [9.17, 15) is 4.79 Å². The summed E-state index contributed by atoms with van der Waals surface area (Å²) in [7, 11) is 0. The first-order chi connectivity index (χ1) is 7.63. The number of amides is 1. The number of carbonyl (C=O) groups is 1. The minimum absolute atomic E-state index is 0.0136. The second kappa shape index (κ2) is 9.57. The normalized spacial score (nSPS) is 12.8. The van der Waals surface area contributed by atoms with Crippen molar-refractivity contribution >= 4 is 5.91 Å². The predicted molar refractivity (Wildman–Crippen MR) is 62.9 cm³/mol. The number of hydrogen-bond donors (Lipinski definition) is 3. The van der Waals surface area contributed by atoms with Gasteiger partial charge in [0.1, 0.15) is 0 Å². The van der Waals surface area contributed by atoms with E-state index in [1.807, 2.05) is 13.8 Å². The molecular formula is C11H24N2O3. The average molecular weight is 232 g/mol. The molecule has 0 aromatic carbocycles. The van der Waals surface area contributed by atoms with Gasteiger partial charge in [0, 0.05) is 19.7 Å². The van der Waals surface area contributed by atoms with Crippen molar-refractivity contribution in [1.82, 2.24) is 5.32 Å². The number of rotatable bonds is 9. The van der Waals surface area contributed by atoms with Crippen molar-refractivity contribution < 1.29 is 14.6 Å². The number of carbonyl (C=O) groups excluding carboxylic acids is 1. The molecule has 0 aliphatic heterocycles. The number of hydrogen-bond acceptors (Lipinski definition) is 4. The lowest BCUT2D eigenvalue weighted by atomic mass is 9.95. The zero-order valence-electron chi connectivity index (χ0n) is 10.2. The maximum Gasteiger partial charge on any atom is 0.224 e. The molecule has 0 saturated carbocycles. The van der Waals surface area contributed by atoms with Crippen molar-refractivity contribution in [2.45, 2.75) is 20.3 Å². The highest BCUT2D eigenvalue weighted by molar-refractivity contribution is 5.79. The Morgan fingerprint density at radius 2 is 2.12 bits per heavy atom. The van der Waals surface area contributed by atoms with Crippen molar-refractivity contribution in [1.29, 1.82) is 0 Å². The van der Waals surface area contributed by atoms with Gasteiger partial charge in [-0.05, 0) is 12.3 Å². The van der Waals surface area contributed by atoms with E-state index >= 15 is 0 Å². The summed E-state index contributed by atoms with van der Waals surface area (Å²) in [5.74, 6) is 0.161. The first-order valence-corrected chi connectivity index (χ1v) is 5.79. The first kappa shape index (κ1) is 15.3. The van der Waals surface area contributed by atoms with Crippen LogP contribution in [0.15, 0.2) is 0 Å². The number of ether oxygens (including phenoxy) is 1. The van der Waals surface area contributed by atoms with Crippen LogP contribution in [0.1, 0.15) is 20.3 Å². The van der Waals surface area contributed by atoms with Crippen LogP contribution in [0, 0.1) is 11.8 Å². The van der Waals surface area contributed by atoms with Gasteiger partial charge in [-0.15, -0.1) is 0 Å². The minimum Gasteiger partial charge on any atom is -0.394 e. The molecule has 0 spiro atoms. The smallest absolute Gasteiger partial charge is 0.224 e. The van der Waals surface area contributed by atoms with E-state index in [0.717, 1.165) is 6.42 Å². The molecule has 5 nitrogen and oxygen atoms in total. The van der Waals surface area contributed by atoms with Crippen LogP contribution < -0.4 is 11.1 Å². The highest BCUT2D eigenvalue weighted by Crippen LogP contribution is 2.08. The van der Waals surface area contributed by atoms with Gasteiger partial charge in [-0.3, -0.25) is 4.79 Å². The molecule has 0 heterocycles. The summed E-state index contributed by atoms with van der Waals surface area (Å²) in [4.78, 5) is 11.6. The van der Waals surface area contributed by atoms with Crippen LogP contribution in [-0.4, -0.2) is 43.9 Å². The minimum atomic E-state index is -0.113. The Kier molecular flexibility index (Phi) is 9.18. The number of aliphatic hydroxyl groups excluding tert-OH is 1. The van der Waals surface area contributed by atoms with Gasteiger partial charge >= 0.3 is 0 Å². The summed E-state index contributed by atoms with van der Waals surface area (Å²) in [5, 5.41) is 11.3. The molecule has 5 heteroatoms. The molecule has 0 aliphatic rings. The monoisotopic (exact) mass is 232 g/mol. The standard InChI is InChI=1S/C11H24N2O3/c1-9(2)10(8-12)11(15)13-4-3-6-16-7-5-14/h9-10,14H,3-8,12H2,1-2H3,(H,13,15). The highest BCUT2D eigenvalue weighted by Gasteiger charge is 2.19. The summed E-state index contributed by atoms with van der Waals surface area (Å²) in [6.07, 6.45) is 0.751. The van der Waals surface area contributed by atoms with Crippen molar-refractivity contribution in [2.24, 2.45) is 17.6 Å². The topological polar surface area (TPSA) is 84.6 Å². The van der Waals surface area contributed by atoms with E-state index in [-0.39, 0.29) is 24.3 Å². The fraction of sp³-hybridized carbons (Fsp3) is 0.909. The molecule has 0 rings (SSSR count). The maximum absolute atomic E-state index is 11.6. The highest BCUT2D eigenvalue weighted by atomic mass is 16.5. The first-order valence-electron chi connectivity index (χ1n) is 5.79. The third kappa shape index (κ3) is 6.76. The van der Waals surface area contributed by atoms with Gasteiger partial charge in [0.25, 0.3) is 0 Å². The molecule has 1 atom stereocenters. The van der Waals surface area contributed by atoms with Crippen molar-refractivity contribution in [2.75, 3.05) is 32.9 Å². The third-order valence-corrected chi connectivity index (χ3v) is 2.40. The number of nitrogens with one attached hydrogen (secondary N) is 1.